The molecule has 4 unspecified atom stereocenters. The van der Waals surface area contributed by atoms with E-state index >= 15 is 0 Å². The summed E-state index contributed by atoms with van der Waals surface area (Å²) in [6.45, 7) is 11.9. The second kappa shape index (κ2) is 6.81. The fourth-order valence-corrected chi connectivity index (χ4v) is 5.32. The summed E-state index contributed by atoms with van der Waals surface area (Å²) in [5, 5.41) is 19.5. The number of aliphatic hydroxyl groups excluding tert-OH is 2. The third kappa shape index (κ3) is 5.53. The Bertz CT molecular complexity index is 345. The van der Waals surface area contributed by atoms with Crippen LogP contribution >= 0.6 is 0 Å². The van der Waals surface area contributed by atoms with Crippen LogP contribution in [-0.2, 0) is 0 Å². The van der Waals surface area contributed by atoms with E-state index < -0.39 is 12.2 Å². The molecule has 0 aromatic carbocycles. The van der Waals surface area contributed by atoms with Crippen LogP contribution in [0.2, 0.25) is 0 Å². The molecule has 130 valence electrons. The Labute approximate surface area is 137 Å². The Kier molecular flexibility index (Phi) is 5.65. The van der Waals surface area contributed by atoms with Crippen LogP contribution in [0.4, 0.5) is 0 Å². The highest BCUT2D eigenvalue weighted by Crippen LogP contribution is 2.46. The monoisotopic (exact) mass is 310 g/mol. The number of aliphatic hydroxyl groups is 2. The van der Waals surface area contributed by atoms with Gasteiger partial charge in [0.1, 0.15) is 0 Å². The lowest BCUT2D eigenvalue weighted by Gasteiger charge is -2.31. The van der Waals surface area contributed by atoms with Crippen molar-refractivity contribution in [1.82, 2.24) is 0 Å². The van der Waals surface area contributed by atoms with Gasteiger partial charge in [-0.25, -0.2) is 0 Å². The van der Waals surface area contributed by atoms with Crippen molar-refractivity contribution in [1.29, 1.82) is 0 Å². The largest absolute Gasteiger partial charge is 0.390 e. The molecule has 0 aliphatic heterocycles. The lowest BCUT2D eigenvalue weighted by atomic mass is 9.75. The fraction of sp³-hybridized carbons (Fsp3) is 1.00. The van der Waals surface area contributed by atoms with Gasteiger partial charge >= 0.3 is 0 Å². The van der Waals surface area contributed by atoms with E-state index in [1.807, 2.05) is 0 Å². The Morgan fingerprint density at radius 1 is 0.682 bits per heavy atom. The van der Waals surface area contributed by atoms with E-state index in [1.165, 1.54) is 32.1 Å². The minimum absolute atomic E-state index is 0.343. The van der Waals surface area contributed by atoms with Gasteiger partial charge in [0.05, 0.1) is 12.2 Å². The predicted octanol–water partition coefficient (Wildman–Crippen LogP) is 4.78. The second-order valence-corrected chi connectivity index (χ2v) is 10.4. The van der Waals surface area contributed by atoms with Crippen LogP contribution < -0.4 is 0 Å². The Hall–Kier alpha value is -0.0800. The Morgan fingerprint density at radius 2 is 1.14 bits per heavy atom. The number of hydrogen-bond acceptors (Lipinski definition) is 2. The highest BCUT2D eigenvalue weighted by atomic mass is 16.3. The van der Waals surface area contributed by atoms with Crippen LogP contribution in [-0.4, -0.2) is 22.4 Å². The Morgan fingerprint density at radius 3 is 1.64 bits per heavy atom. The maximum absolute atomic E-state index is 9.74. The topological polar surface area (TPSA) is 40.5 Å². The van der Waals surface area contributed by atoms with Crippen molar-refractivity contribution < 1.29 is 10.2 Å². The second-order valence-electron chi connectivity index (χ2n) is 10.4. The molecule has 0 saturated heterocycles. The lowest BCUT2D eigenvalue weighted by molar-refractivity contribution is 0.0438. The zero-order valence-corrected chi connectivity index (χ0v) is 15.4. The van der Waals surface area contributed by atoms with Gasteiger partial charge in [0.2, 0.25) is 0 Å². The van der Waals surface area contributed by atoms with Crippen molar-refractivity contribution in [3.8, 4) is 0 Å². The highest BCUT2D eigenvalue weighted by molar-refractivity contribution is 4.88. The van der Waals surface area contributed by atoms with Crippen molar-refractivity contribution in [2.24, 2.45) is 28.6 Å². The molecule has 0 amide bonds. The smallest absolute Gasteiger partial charge is 0.0801 e. The first kappa shape index (κ1) is 18.3. The molecule has 2 aliphatic rings. The van der Waals surface area contributed by atoms with Gasteiger partial charge in [-0.3, -0.25) is 0 Å². The predicted molar refractivity (Wildman–Crippen MR) is 92.7 cm³/mol. The summed E-state index contributed by atoms with van der Waals surface area (Å²) >= 11 is 0. The third-order valence-electron chi connectivity index (χ3n) is 5.83. The molecule has 0 spiro atoms. The zero-order valence-electron chi connectivity index (χ0n) is 15.4. The van der Waals surface area contributed by atoms with Gasteiger partial charge in [0.15, 0.2) is 0 Å². The maximum Gasteiger partial charge on any atom is 0.0801 e. The molecule has 2 heteroatoms. The van der Waals surface area contributed by atoms with Crippen LogP contribution in [0.1, 0.15) is 86.0 Å². The van der Waals surface area contributed by atoms with E-state index in [2.05, 4.69) is 34.6 Å². The number of hydrogen-bond donors (Lipinski definition) is 2. The quantitative estimate of drug-likeness (QED) is 0.767. The lowest BCUT2D eigenvalue weighted by Crippen LogP contribution is -2.20. The molecule has 0 radical (unpaired) electrons. The van der Waals surface area contributed by atoms with Crippen LogP contribution in [0, 0.1) is 28.6 Å². The molecule has 2 nitrogen and oxygen atoms in total. The molecule has 2 rings (SSSR count). The molecule has 22 heavy (non-hydrogen) atoms. The molecule has 0 aromatic heterocycles. The summed E-state index contributed by atoms with van der Waals surface area (Å²) in [7, 11) is 0. The van der Waals surface area contributed by atoms with Gasteiger partial charge in [-0.05, 0) is 67.1 Å². The summed E-state index contributed by atoms with van der Waals surface area (Å²) in [5.41, 5.74) is 0.806. The molecule has 0 aromatic rings. The summed E-state index contributed by atoms with van der Waals surface area (Å²) in [5.74, 6) is 2.32. The minimum atomic E-state index is -0.483. The van der Waals surface area contributed by atoms with Gasteiger partial charge < -0.3 is 10.2 Å². The van der Waals surface area contributed by atoms with Crippen LogP contribution in [0.25, 0.3) is 0 Å². The van der Waals surface area contributed by atoms with Crippen molar-refractivity contribution >= 4 is 0 Å². The molecule has 4 atom stereocenters. The highest BCUT2D eigenvalue weighted by Gasteiger charge is 2.37. The molecule has 2 aliphatic carbocycles. The van der Waals surface area contributed by atoms with Gasteiger partial charge in [-0.1, -0.05) is 47.5 Å². The van der Waals surface area contributed by atoms with Gasteiger partial charge in [-0.15, -0.1) is 0 Å². The molecule has 0 bridgehead atoms. The van der Waals surface area contributed by atoms with E-state index in [9.17, 15) is 10.2 Å². The van der Waals surface area contributed by atoms with Crippen LogP contribution in [0.5, 0.6) is 0 Å². The standard InChI is InChI=1S/C20H38O2/c1-19(2,3)11-14-6-7-15(8-14)12-20(4,5)13-16-9-17(21)18(22)10-16/h14-18,21-22H,6-13H2,1-5H3. The van der Waals surface area contributed by atoms with E-state index in [4.69, 9.17) is 0 Å². The van der Waals surface area contributed by atoms with E-state index in [-0.39, 0.29) is 0 Å². The van der Waals surface area contributed by atoms with Crippen LogP contribution in [0.15, 0.2) is 0 Å². The zero-order chi connectivity index (χ0) is 16.5. The fourth-order valence-electron chi connectivity index (χ4n) is 5.32. The third-order valence-corrected chi connectivity index (χ3v) is 5.83. The first-order chi connectivity index (χ1) is 10.0. The van der Waals surface area contributed by atoms with Gasteiger partial charge in [0, 0.05) is 0 Å². The first-order valence-corrected chi connectivity index (χ1v) is 9.40. The minimum Gasteiger partial charge on any atom is -0.390 e. The SMILES string of the molecule is CC(C)(C)CC1CCC(CC(C)(C)CC2CC(O)C(O)C2)C1. The Balaban J connectivity index is 1.78. The van der Waals surface area contributed by atoms with Crippen molar-refractivity contribution in [2.75, 3.05) is 0 Å². The molecular weight excluding hydrogens is 272 g/mol. The molecule has 2 fully saturated rings. The van der Waals surface area contributed by atoms with E-state index in [1.54, 1.807) is 0 Å². The molecule has 0 heterocycles. The van der Waals surface area contributed by atoms with E-state index in [0.717, 1.165) is 31.1 Å². The van der Waals surface area contributed by atoms with Crippen molar-refractivity contribution in [2.45, 2.75) is 98.2 Å². The maximum atomic E-state index is 9.74. The van der Waals surface area contributed by atoms with Crippen molar-refractivity contribution in [3.05, 3.63) is 0 Å². The van der Waals surface area contributed by atoms with Crippen molar-refractivity contribution in [3.63, 3.8) is 0 Å². The van der Waals surface area contributed by atoms with Crippen LogP contribution in [0.3, 0.4) is 0 Å². The number of rotatable bonds is 5. The summed E-state index contributed by atoms with van der Waals surface area (Å²) in [6.07, 6.45) is 8.69. The summed E-state index contributed by atoms with van der Waals surface area (Å²) in [6, 6.07) is 0. The molecule has 2 saturated carbocycles. The summed E-state index contributed by atoms with van der Waals surface area (Å²) < 4.78 is 0. The average Bonchev–Trinajstić information content (AvgIpc) is 2.83. The molecule has 2 N–H and O–H groups in total. The van der Waals surface area contributed by atoms with E-state index in [0.29, 0.717) is 16.7 Å². The van der Waals surface area contributed by atoms with Gasteiger partial charge in [-0.2, -0.15) is 0 Å². The average molecular weight is 311 g/mol. The van der Waals surface area contributed by atoms with Gasteiger partial charge in [0.25, 0.3) is 0 Å². The first-order valence-electron chi connectivity index (χ1n) is 9.40. The normalized spacial score (nSPS) is 37.0. The summed E-state index contributed by atoms with van der Waals surface area (Å²) in [4.78, 5) is 0. The molecular formula is C20H38O2.